The average molecular weight is 271 g/mol. The normalized spacial score (nSPS) is 9.53. The summed E-state index contributed by atoms with van der Waals surface area (Å²) in [5.41, 5.74) is 1.88. The SMILES string of the molecule is Cc1c(OCCCCl)ccnc1CCl.Cl. The molecule has 0 atom stereocenters. The fourth-order valence-corrected chi connectivity index (χ4v) is 1.47. The highest BCUT2D eigenvalue weighted by atomic mass is 35.5. The summed E-state index contributed by atoms with van der Waals surface area (Å²) in [7, 11) is 0. The van der Waals surface area contributed by atoms with E-state index >= 15 is 0 Å². The molecule has 0 saturated heterocycles. The molecule has 0 aliphatic heterocycles. The van der Waals surface area contributed by atoms with Crippen molar-refractivity contribution in [3.8, 4) is 5.75 Å². The van der Waals surface area contributed by atoms with E-state index in [2.05, 4.69) is 4.98 Å². The first-order valence-electron chi connectivity index (χ1n) is 4.48. The monoisotopic (exact) mass is 269 g/mol. The highest BCUT2D eigenvalue weighted by Crippen LogP contribution is 2.20. The molecule has 0 spiro atoms. The van der Waals surface area contributed by atoms with Crippen molar-refractivity contribution in [1.29, 1.82) is 0 Å². The number of nitrogens with zero attached hydrogens (tertiary/aromatic N) is 1. The highest BCUT2D eigenvalue weighted by Gasteiger charge is 2.04. The van der Waals surface area contributed by atoms with E-state index < -0.39 is 0 Å². The first-order chi connectivity index (χ1) is 6.79. The maximum Gasteiger partial charge on any atom is 0.125 e. The van der Waals surface area contributed by atoms with Crippen LogP contribution in [0.5, 0.6) is 5.75 Å². The van der Waals surface area contributed by atoms with Crippen LogP contribution in [0.4, 0.5) is 0 Å². The first-order valence-corrected chi connectivity index (χ1v) is 5.55. The molecule has 0 aliphatic carbocycles. The zero-order valence-electron chi connectivity index (χ0n) is 8.50. The molecule has 86 valence electrons. The predicted molar refractivity (Wildman–Crippen MR) is 66.6 cm³/mol. The molecule has 0 aliphatic rings. The van der Waals surface area contributed by atoms with Crippen LogP contribution in [-0.4, -0.2) is 17.5 Å². The fourth-order valence-electron chi connectivity index (χ4n) is 1.09. The smallest absolute Gasteiger partial charge is 0.125 e. The van der Waals surface area contributed by atoms with Gasteiger partial charge in [-0.15, -0.1) is 35.6 Å². The lowest BCUT2D eigenvalue weighted by Gasteiger charge is -2.09. The fraction of sp³-hybridized carbons (Fsp3) is 0.500. The van der Waals surface area contributed by atoms with Crippen LogP contribution in [-0.2, 0) is 5.88 Å². The third-order valence-corrected chi connectivity index (χ3v) is 2.44. The maximum atomic E-state index is 5.73. The molecule has 0 fully saturated rings. The third-order valence-electron chi connectivity index (χ3n) is 1.92. The number of ether oxygens (including phenoxy) is 1. The standard InChI is InChI=1S/C10H13Cl2NO.ClH/c1-8-9(7-12)13-5-3-10(8)14-6-2-4-11;/h3,5H,2,4,6-7H2,1H3;1H. The summed E-state index contributed by atoms with van der Waals surface area (Å²) in [6.45, 7) is 2.59. The molecule has 1 aromatic rings. The molecule has 0 unspecified atom stereocenters. The lowest BCUT2D eigenvalue weighted by atomic mass is 10.2. The van der Waals surface area contributed by atoms with Crippen LogP contribution in [0.1, 0.15) is 17.7 Å². The van der Waals surface area contributed by atoms with E-state index in [-0.39, 0.29) is 12.4 Å². The Labute approximate surface area is 106 Å². The Hall–Kier alpha value is -0.180. The number of pyridine rings is 1. The zero-order valence-corrected chi connectivity index (χ0v) is 10.8. The Kier molecular flexibility index (Phi) is 7.93. The van der Waals surface area contributed by atoms with Gasteiger partial charge in [-0.3, -0.25) is 4.98 Å². The molecular weight excluding hydrogens is 256 g/mol. The van der Waals surface area contributed by atoms with Crippen molar-refractivity contribution in [3.63, 3.8) is 0 Å². The molecule has 2 nitrogen and oxygen atoms in total. The minimum absolute atomic E-state index is 0. The molecule has 1 rings (SSSR count). The van der Waals surface area contributed by atoms with Gasteiger partial charge in [0.2, 0.25) is 0 Å². The Morgan fingerprint density at radius 2 is 2.13 bits per heavy atom. The number of alkyl halides is 2. The lowest BCUT2D eigenvalue weighted by molar-refractivity contribution is 0.315. The van der Waals surface area contributed by atoms with Crippen molar-refractivity contribution in [3.05, 3.63) is 23.5 Å². The van der Waals surface area contributed by atoms with Crippen LogP contribution in [0.15, 0.2) is 12.3 Å². The molecule has 15 heavy (non-hydrogen) atoms. The van der Waals surface area contributed by atoms with Gasteiger partial charge in [-0.1, -0.05) is 0 Å². The minimum Gasteiger partial charge on any atom is -0.493 e. The van der Waals surface area contributed by atoms with Crippen molar-refractivity contribution in [2.45, 2.75) is 19.2 Å². The van der Waals surface area contributed by atoms with Gasteiger partial charge >= 0.3 is 0 Å². The van der Waals surface area contributed by atoms with Gasteiger partial charge in [0.05, 0.1) is 18.2 Å². The lowest BCUT2D eigenvalue weighted by Crippen LogP contribution is -2.01. The third kappa shape index (κ3) is 4.45. The molecule has 0 N–H and O–H groups in total. The summed E-state index contributed by atoms with van der Waals surface area (Å²) in [4.78, 5) is 4.15. The Morgan fingerprint density at radius 3 is 2.73 bits per heavy atom. The van der Waals surface area contributed by atoms with Crippen LogP contribution in [0.3, 0.4) is 0 Å². The van der Waals surface area contributed by atoms with E-state index in [1.165, 1.54) is 0 Å². The summed E-state index contributed by atoms with van der Waals surface area (Å²) >= 11 is 11.3. The van der Waals surface area contributed by atoms with Crippen molar-refractivity contribution in [2.24, 2.45) is 0 Å². The van der Waals surface area contributed by atoms with Crippen LogP contribution in [0.2, 0.25) is 0 Å². The van der Waals surface area contributed by atoms with Crippen molar-refractivity contribution >= 4 is 35.6 Å². The molecule has 0 aromatic carbocycles. The zero-order chi connectivity index (χ0) is 10.4. The van der Waals surface area contributed by atoms with Crippen LogP contribution < -0.4 is 4.74 Å². The van der Waals surface area contributed by atoms with E-state index in [1.807, 2.05) is 13.0 Å². The topological polar surface area (TPSA) is 22.1 Å². The van der Waals surface area contributed by atoms with Gasteiger partial charge in [0.1, 0.15) is 5.75 Å². The number of hydrogen-bond donors (Lipinski definition) is 0. The van der Waals surface area contributed by atoms with Gasteiger partial charge in [0.15, 0.2) is 0 Å². The van der Waals surface area contributed by atoms with Gasteiger partial charge in [-0.05, 0) is 19.4 Å². The summed E-state index contributed by atoms with van der Waals surface area (Å²) in [6.07, 6.45) is 2.56. The number of halogens is 3. The summed E-state index contributed by atoms with van der Waals surface area (Å²) < 4.78 is 5.54. The summed E-state index contributed by atoms with van der Waals surface area (Å²) in [6, 6.07) is 1.85. The molecule has 1 heterocycles. The molecule has 0 saturated carbocycles. The molecular formula is C10H14Cl3NO. The number of aromatic nitrogens is 1. The second-order valence-electron chi connectivity index (χ2n) is 2.91. The second kappa shape index (κ2) is 8.03. The number of rotatable bonds is 5. The van der Waals surface area contributed by atoms with Crippen molar-refractivity contribution < 1.29 is 4.74 Å². The van der Waals surface area contributed by atoms with E-state index in [0.717, 1.165) is 23.4 Å². The van der Waals surface area contributed by atoms with Crippen LogP contribution >= 0.6 is 35.6 Å². The van der Waals surface area contributed by atoms with Crippen molar-refractivity contribution in [2.75, 3.05) is 12.5 Å². The van der Waals surface area contributed by atoms with Crippen LogP contribution in [0, 0.1) is 6.92 Å². The average Bonchev–Trinajstić information content (AvgIpc) is 2.21. The van der Waals surface area contributed by atoms with E-state index in [9.17, 15) is 0 Å². The predicted octanol–water partition coefficient (Wildman–Crippen LogP) is 3.56. The van der Waals surface area contributed by atoms with Gasteiger partial charge in [-0.2, -0.15) is 0 Å². The molecule has 0 bridgehead atoms. The van der Waals surface area contributed by atoms with E-state index in [0.29, 0.717) is 18.4 Å². The van der Waals surface area contributed by atoms with Crippen molar-refractivity contribution in [1.82, 2.24) is 4.98 Å². The Bertz CT molecular complexity index is 294. The van der Waals surface area contributed by atoms with Crippen LogP contribution in [0.25, 0.3) is 0 Å². The van der Waals surface area contributed by atoms with Gasteiger partial charge in [0.25, 0.3) is 0 Å². The molecule has 0 radical (unpaired) electrons. The summed E-state index contributed by atoms with van der Waals surface area (Å²) in [5.74, 6) is 1.88. The molecule has 1 aromatic heterocycles. The molecule has 0 amide bonds. The minimum atomic E-state index is 0. The second-order valence-corrected chi connectivity index (χ2v) is 3.55. The Morgan fingerprint density at radius 1 is 1.40 bits per heavy atom. The quantitative estimate of drug-likeness (QED) is 0.603. The van der Waals surface area contributed by atoms with E-state index in [4.69, 9.17) is 27.9 Å². The van der Waals surface area contributed by atoms with Gasteiger partial charge in [-0.25, -0.2) is 0 Å². The first kappa shape index (κ1) is 14.8. The van der Waals surface area contributed by atoms with Gasteiger partial charge in [0, 0.05) is 17.6 Å². The number of hydrogen-bond acceptors (Lipinski definition) is 2. The van der Waals surface area contributed by atoms with Gasteiger partial charge < -0.3 is 4.74 Å². The molecule has 5 heteroatoms. The highest BCUT2D eigenvalue weighted by molar-refractivity contribution is 6.17. The largest absolute Gasteiger partial charge is 0.493 e. The van der Waals surface area contributed by atoms with E-state index in [1.54, 1.807) is 6.20 Å². The maximum absolute atomic E-state index is 5.73. The Balaban J connectivity index is 0.00000196. The summed E-state index contributed by atoms with van der Waals surface area (Å²) in [5, 5.41) is 0.